The molecular weight excluding hydrogens is 677 g/mol. The van der Waals surface area contributed by atoms with E-state index in [2.05, 4.69) is 75.4 Å². The maximum absolute atomic E-state index is 11.9. The third kappa shape index (κ3) is 20.8. The summed E-state index contributed by atoms with van der Waals surface area (Å²) in [5, 5.41) is 0. The minimum Gasteiger partial charge on any atom is -0.493 e. The van der Waals surface area contributed by atoms with E-state index in [1.807, 2.05) is 0 Å². The average Bonchev–Trinajstić information content (AvgIpc) is 3.55. The molecular formula is C54H88N2. The van der Waals surface area contributed by atoms with Crippen LogP contribution in [0.25, 0.3) is 16.9 Å². The van der Waals surface area contributed by atoms with E-state index < -0.39 is 0 Å². The molecule has 0 fully saturated rings. The molecule has 0 radical (unpaired) electrons. The minimum absolute atomic E-state index is 0.940. The van der Waals surface area contributed by atoms with Gasteiger partial charge in [0, 0.05) is 22.8 Å². The number of allylic oxidation sites excluding steroid dienone is 2. The lowest BCUT2D eigenvalue weighted by Gasteiger charge is -2.12. The zero-order chi connectivity index (χ0) is 39.7. The largest absolute Gasteiger partial charge is 0.493 e. The van der Waals surface area contributed by atoms with Gasteiger partial charge in [-0.3, -0.25) is 0 Å². The SMILES string of the molecule is CCCCCCCCCCCCCCCc1cccc(C2=CC(CCCCCCCC)=C(c3cccc(CCCCCCCCCCCCCCC)c3)[N+]2=[N-])c1. The van der Waals surface area contributed by atoms with Crippen LogP contribution in [-0.4, -0.2) is 4.70 Å². The van der Waals surface area contributed by atoms with Gasteiger partial charge in [-0.15, -0.1) is 0 Å². The summed E-state index contributed by atoms with van der Waals surface area (Å²) in [6, 6.07) is 18.1. The Balaban J connectivity index is 1.47. The number of hydrogen-bond acceptors (Lipinski definition) is 0. The number of nitrogens with zero attached hydrogens (tertiary/aromatic N) is 2. The van der Waals surface area contributed by atoms with E-state index in [1.54, 1.807) is 0 Å². The quantitative estimate of drug-likeness (QED) is 0.0484. The van der Waals surface area contributed by atoms with Crippen molar-refractivity contribution in [2.24, 2.45) is 0 Å². The summed E-state index contributed by atoms with van der Waals surface area (Å²) in [4.78, 5) is 0. The fourth-order valence-corrected chi connectivity index (χ4v) is 8.80. The Morgan fingerprint density at radius 2 is 0.696 bits per heavy atom. The first kappa shape index (κ1) is 47.9. The molecule has 0 saturated heterocycles. The van der Waals surface area contributed by atoms with Gasteiger partial charge in [0.1, 0.15) is 0 Å². The summed E-state index contributed by atoms with van der Waals surface area (Å²) in [5.74, 6) is 0. The molecule has 1 heterocycles. The normalized spacial score (nSPS) is 13.0. The van der Waals surface area contributed by atoms with Crippen molar-refractivity contribution in [3.05, 3.63) is 88.0 Å². The predicted octanol–water partition coefficient (Wildman–Crippen LogP) is 18.5. The molecule has 0 N–H and O–H groups in total. The fraction of sp³-hybridized carbons (Fsp3) is 0.704. The Morgan fingerprint density at radius 3 is 1.09 bits per heavy atom. The maximum Gasteiger partial charge on any atom is 0.210 e. The van der Waals surface area contributed by atoms with Crippen LogP contribution in [0.1, 0.15) is 255 Å². The highest BCUT2D eigenvalue weighted by molar-refractivity contribution is 5.78. The number of hydrogen-bond donors (Lipinski definition) is 0. The van der Waals surface area contributed by atoms with Gasteiger partial charge in [0.15, 0.2) is 0 Å². The molecule has 0 aliphatic carbocycles. The zero-order valence-corrected chi connectivity index (χ0v) is 37.3. The maximum atomic E-state index is 11.9. The standard InChI is InChI=1S/C54H88N2/c1-4-7-10-13-16-18-20-22-24-26-28-30-33-38-48-40-36-43-50(45-48)53-47-52(42-35-32-15-12-9-6-3)54(56(53)55)51-44-37-41-49(46-51)39-34-31-29-27-25-23-21-19-17-14-11-8-5-2/h36-37,40-41,43-47H,4-35,38-39,42H2,1-3H3. The van der Waals surface area contributed by atoms with Crippen LogP contribution < -0.4 is 0 Å². The van der Waals surface area contributed by atoms with Crippen LogP contribution in [-0.2, 0) is 12.8 Å². The predicted molar refractivity (Wildman–Crippen MR) is 248 cm³/mol. The van der Waals surface area contributed by atoms with E-state index in [4.69, 9.17) is 0 Å². The summed E-state index contributed by atoms with van der Waals surface area (Å²) in [7, 11) is 0. The molecule has 3 rings (SSSR count). The van der Waals surface area contributed by atoms with Gasteiger partial charge >= 0.3 is 0 Å². The molecule has 0 bridgehead atoms. The molecule has 314 valence electrons. The molecule has 2 aromatic carbocycles. The van der Waals surface area contributed by atoms with Crippen molar-refractivity contribution in [2.45, 2.75) is 245 Å². The Bertz CT molecular complexity index is 1350. The second-order valence-corrected chi connectivity index (χ2v) is 17.6. The van der Waals surface area contributed by atoms with Gasteiger partial charge in [0.25, 0.3) is 0 Å². The van der Waals surface area contributed by atoms with Gasteiger partial charge in [-0.2, -0.15) is 0 Å². The van der Waals surface area contributed by atoms with Crippen LogP contribution in [0.3, 0.4) is 0 Å². The lowest BCUT2D eigenvalue weighted by atomic mass is 9.98. The van der Waals surface area contributed by atoms with E-state index in [0.717, 1.165) is 41.8 Å². The summed E-state index contributed by atoms with van der Waals surface area (Å²) in [6.45, 7) is 6.89. The number of benzene rings is 2. The Labute approximate surface area is 348 Å². The second kappa shape index (κ2) is 32.5. The van der Waals surface area contributed by atoms with Crippen LogP contribution in [0.5, 0.6) is 0 Å². The van der Waals surface area contributed by atoms with Gasteiger partial charge in [-0.05, 0) is 73.9 Å². The lowest BCUT2D eigenvalue weighted by Crippen LogP contribution is -2.03. The molecule has 1 aliphatic rings. The molecule has 0 amide bonds. The third-order valence-corrected chi connectivity index (χ3v) is 12.4. The molecule has 56 heavy (non-hydrogen) atoms. The van der Waals surface area contributed by atoms with Gasteiger partial charge < -0.3 is 5.53 Å². The van der Waals surface area contributed by atoms with Crippen LogP contribution in [0.4, 0.5) is 0 Å². The monoisotopic (exact) mass is 765 g/mol. The van der Waals surface area contributed by atoms with Crippen molar-refractivity contribution in [3.8, 4) is 0 Å². The van der Waals surface area contributed by atoms with E-state index in [0.29, 0.717) is 0 Å². The Kier molecular flexibility index (Phi) is 27.8. The molecule has 2 nitrogen and oxygen atoms in total. The Morgan fingerprint density at radius 1 is 0.375 bits per heavy atom. The van der Waals surface area contributed by atoms with E-state index in [1.165, 1.54) is 227 Å². The van der Waals surface area contributed by atoms with Crippen LogP contribution in [0.2, 0.25) is 0 Å². The molecule has 1 aliphatic heterocycles. The zero-order valence-electron chi connectivity index (χ0n) is 37.3. The topological polar surface area (TPSA) is 25.3 Å². The highest BCUT2D eigenvalue weighted by Gasteiger charge is 2.29. The number of rotatable bonds is 37. The first-order chi connectivity index (χ1) is 27.7. The Hall–Kier alpha value is -2.48. The number of unbranched alkanes of at least 4 members (excludes halogenated alkanes) is 29. The van der Waals surface area contributed by atoms with Crippen molar-refractivity contribution in [2.75, 3.05) is 0 Å². The first-order valence-electron chi connectivity index (χ1n) is 24.8. The molecule has 2 heteroatoms. The van der Waals surface area contributed by atoms with Crippen molar-refractivity contribution >= 4 is 11.4 Å². The van der Waals surface area contributed by atoms with Crippen molar-refractivity contribution in [3.63, 3.8) is 0 Å². The van der Waals surface area contributed by atoms with Gasteiger partial charge in [-0.1, -0.05) is 231 Å². The van der Waals surface area contributed by atoms with E-state index in [-0.39, 0.29) is 0 Å². The first-order valence-corrected chi connectivity index (χ1v) is 24.8. The lowest BCUT2D eigenvalue weighted by molar-refractivity contribution is -0.344. The average molecular weight is 765 g/mol. The third-order valence-electron chi connectivity index (χ3n) is 12.4. The number of aryl methyl sites for hydroxylation is 2. The van der Waals surface area contributed by atoms with Gasteiger partial charge in [0.05, 0.1) is 0 Å². The second-order valence-electron chi connectivity index (χ2n) is 17.6. The van der Waals surface area contributed by atoms with Crippen LogP contribution >= 0.6 is 0 Å². The summed E-state index contributed by atoms with van der Waals surface area (Å²) in [6.07, 6.45) is 49.4. The molecule has 0 aromatic heterocycles. The molecule has 2 aromatic rings. The highest BCUT2D eigenvalue weighted by atomic mass is 15.2. The van der Waals surface area contributed by atoms with E-state index >= 15 is 0 Å². The summed E-state index contributed by atoms with van der Waals surface area (Å²) in [5.41, 5.74) is 20.2. The minimum atomic E-state index is 0.940. The van der Waals surface area contributed by atoms with E-state index in [9.17, 15) is 5.53 Å². The molecule has 0 saturated carbocycles. The van der Waals surface area contributed by atoms with Crippen LogP contribution in [0.15, 0.2) is 60.2 Å². The van der Waals surface area contributed by atoms with Gasteiger partial charge in [-0.25, -0.2) is 4.70 Å². The fourth-order valence-electron chi connectivity index (χ4n) is 8.80. The van der Waals surface area contributed by atoms with Crippen molar-refractivity contribution in [1.82, 2.24) is 0 Å². The van der Waals surface area contributed by atoms with Crippen molar-refractivity contribution in [1.29, 1.82) is 0 Å². The summed E-state index contributed by atoms with van der Waals surface area (Å²) < 4.78 is 1.53. The molecule has 0 atom stereocenters. The van der Waals surface area contributed by atoms with Crippen LogP contribution in [0, 0.1) is 0 Å². The summed E-state index contributed by atoms with van der Waals surface area (Å²) >= 11 is 0. The highest BCUT2D eigenvalue weighted by Crippen LogP contribution is 2.38. The smallest absolute Gasteiger partial charge is 0.210 e. The van der Waals surface area contributed by atoms with Crippen molar-refractivity contribution < 1.29 is 4.70 Å². The van der Waals surface area contributed by atoms with Gasteiger partial charge in [0.2, 0.25) is 11.4 Å². The molecule has 0 spiro atoms. The molecule has 0 unspecified atom stereocenters.